The summed E-state index contributed by atoms with van der Waals surface area (Å²) >= 11 is 13.2. The number of benzene rings is 10. The van der Waals surface area contributed by atoms with E-state index in [1.54, 1.807) is 24.3 Å². The maximum Gasteiger partial charge on any atom is 0.417 e. The summed E-state index contributed by atoms with van der Waals surface area (Å²) < 4.78 is 75.8. The zero-order chi connectivity index (χ0) is 98.5. The van der Waals surface area contributed by atoms with Crippen LogP contribution in [0.2, 0.25) is 5.02 Å². The van der Waals surface area contributed by atoms with Crippen LogP contribution in [0, 0.1) is 166 Å². The highest BCUT2D eigenvalue weighted by atomic mass is 79.9. The molecule has 0 spiro atoms. The Hall–Kier alpha value is -14.3. The molecule has 0 unspecified atom stereocenters. The smallest absolute Gasteiger partial charge is 0.361 e. The predicted octanol–water partition coefficient (Wildman–Crippen LogP) is 29.3. The zero-order valence-electron chi connectivity index (χ0n) is 79.8. The van der Waals surface area contributed by atoms with Crippen LogP contribution >= 0.6 is 43.5 Å². The summed E-state index contributed by atoms with van der Waals surface area (Å²) in [4.78, 5) is 10.6. The molecule has 20 nitrogen and oxygen atoms in total. The number of halogens is 7. The molecule has 0 aliphatic carbocycles. The maximum absolute atomic E-state index is 14.1. The van der Waals surface area contributed by atoms with E-state index in [9.17, 15) is 22.8 Å². The van der Waals surface area contributed by atoms with Gasteiger partial charge in [0.05, 0.1) is 72.9 Å². The van der Waals surface area contributed by atoms with Crippen molar-refractivity contribution in [3.05, 3.63) is 320 Å². The van der Waals surface area contributed by atoms with Crippen LogP contribution in [-0.2, 0) is 20.3 Å². The molecule has 0 aliphatic rings. The van der Waals surface area contributed by atoms with E-state index >= 15 is 0 Å². The summed E-state index contributed by atoms with van der Waals surface area (Å²) in [5.41, 5.74) is 32.7. The van der Waals surface area contributed by atoms with Gasteiger partial charge in [0, 0.05) is 152 Å². The van der Waals surface area contributed by atoms with Crippen LogP contribution in [0.5, 0.6) is 0 Å². The summed E-state index contributed by atoms with van der Waals surface area (Å²) in [6, 6.07) is 67.1. The summed E-state index contributed by atoms with van der Waals surface area (Å²) in [6.07, 6.45) is -4.60. The van der Waals surface area contributed by atoms with Crippen LogP contribution in [0.25, 0.3) is 55.6 Å². The zero-order valence-corrected chi connectivity index (χ0v) is 83.8. The lowest BCUT2D eigenvalue weighted by atomic mass is 10.00. The molecule has 15 rings (SSSR count). The van der Waals surface area contributed by atoms with Crippen LogP contribution < -0.4 is 24.5 Å². The van der Waals surface area contributed by atoms with E-state index in [4.69, 9.17) is 46.2 Å². The van der Waals surface area contributed by atoms with Crippen molar-refractivity contribution in [2.75, 3.05) is 57.2 Å². The van der Waals surface area contributed by atoms with Gasteiger partial charge < -0.3 is 38.1 Å². The second-order valence-electron chi connectivity index (χ2n) is 32.6. The summed E-state index contributed by atoms with van der Waals surface area (Å²) in [6.45, 7) is 43.7. The van der Waals surface area contributed by atoms with Gasteiger partial charge in [-0.25, -0.2) is 4.39 Å². The summed E-state index contributed by atoms with van der Waals surface area (Å²) in [5.74, 6) is 1.89. The molecule has 5 heterocycles. The molecular weight excluding hydrogens is 1850 g/mol. The first-order valence-electron chi connectivity index (χ1n) is 43.9. The van der Waals surface area contributed by atoms with E-state index in [1.807, 2.05) is 201 Å². The van der Waals surface area contributed by atoms with Crippen LogP contribution in [-0.4, -0.2) is 67.8 Å². The highest BCUT2D eigenvalue weighted by Gasteiger charge is 2.35. The van der Waals surface area contributed by atoms with Gasteiger partial charge in [0.1, 0.15) is 47.4 Å². The van der Waals surface area contributed by atoms with Crippen LogP contribution in [0.1, 0.15) is 153 Å². The van der Waals surface area contributed by atoms with E-state index in [0.717, 1.165) is 198 Å². The molecule has 27 heteroatoms. The van der Waals surface area contributed by atoms with Gasteiger partial charge >= 0.3 is 6.18 Å². The molecule has 135 heavy (non-hydrogen) atoms. The lowest BCUT2D eigenvalue weighted by Gasteiger charge is -2.27. The number of hydrogen-bond acceptors (Lipinski definition) is 18. The van der Waals surface area contributed by atoms with Crippen LogP contribution in [0.3, 0.4) is 0 Å². The molecule has 0 atom stereocenters. The number of aromatic nitrogens is 7. The third kappa shape index (κ3) is 22.3. The fourth-order valence-corrected chi connectivity index (χ4v) is 18.0. The Labute approximate surface area is 809 Å². The van der Waals surface area contributed by atoms with Crippen molar-refractivity contribution >= 4 is 100 Å². The molecule has 0 radical (unpaired) electrons. The Morgan fingerprint density at radius 2 is 0.593 bits per heavy atom. The molecule has 10 aromatic carbocycles. The number of hydrogen-bond donors (Lipinski definition) is 0. The monoisotopic (exact) mass is 1960 g/mol. The first kappa shape index (κ1) is 101. The fraction of sp³-hybridized carbons (Fsp3) is 0.259. The molecule has 0 saturated heterocycles. The molecule has 690 valence electrons. The lowest BCUT2D eigenvalue weighted by Crippen LogP contribution is -2.19. The number of alkyl halides is 3. The van der Waals surface area contributed by atoms with Crippen molar-refractivity contribution in [3.63, 3.8) is 0 Å². The van der Waals surface area contributed by atoms with E-state index < -0.39 is 17.6 Å². The number of nitrogens with zero attached hydrogens (tertiary/aromatic N) is 17. The second kappa shape index (κ2) is 44.0. The first-order chi connectivity index (χ1) is 64.3. The Bertz CT molecular complexity index is 6700. The van der Waals surface area contributed by atoms with Crippen molar-refractivity contribution in [3.8, 4) is 86.0 Å². The van der Waals surface area contributed by atoms with Gasteiger partial charge in [-0.2, -0.15) is 49.7 Å². The van der Waals surface area contributed by atoms with Crippen molar-refractivity contribution in [1.82, 2.24) is 35.0 Å². The summed E-state index contributed by atoms with van der Waals surface area (Å²) in [5, 5.41) is 67.1. The van der Waals surface area contributed by atoms with Gasteiger partial charge in [0.15, 0.2) is 0 Å². The predicted molar refractivity (Wildman–Crippen MR) is 539 cm³/mol. The van der Waals surface area contributed by atoms with Gasteiger partial charge in [-0.05, 0) is 347 Å². The first-order valence-corrected chi connectivity index (χ1v) is 45.9. The van der Waals surface area contributed by atoms with Gasteiger partial charge in [-0.1, -0.05) is 87.7 Å². The molecular formula is C108H106Br2ClF4N17O3. The number of aryl methyl sites for hydroxylation is 15. The second-order valence-corrected chi connectivity index (χ2v) is 34.7. The standard InChI is InChI=1S/C23H23F3N4.C22H23BrN4.C21H20BrN3O.C21H20ClN3O.C21H20FN3O/c1-6-30(19-10-9-18(13-27)20(12-19)23(24,25)26)21-11-17(8-7-14(21)2)22-15(3)28-29(5)16(22)4;1-6-27(19-10-9-18(13-24)20(23)12-19)21-11-17(8-7-14(21)2)22-15(3)25-26(5)16(22)4;3*1-5-25(18-9-8-17(12-23)19(22)11-18)20-10-16(7-6-13(20)2)21-14(3)24-26-15(21)4/h7-12H,6H2,1-5H3;7-12H,6H2,1-5H3;3*6-11H,5H2,1-4H3. The molecule has 5 aromatic heterocycles. The highest BCUT2D eigenvalue weighted by molar-refractivity contribution is 9.10. The van der Waals surface area contributed by atoms with Gasteiger partial charge in [-0.15, -0.1) is 0 Å². The topological polar surface area (TPSA) is 249 Å². The lowest BCUT2D eigenvalue weighted by molar-refractivity contribution is -0.137. The number of nitriles is 5. The van der Waals surface area contributed by atoms with E-state index in [2.05, 4.69) is 206 Å². The molecule has 0 amide bonds. The molecule has 0 bridgehead atoms. The molecule has 0 aliphatic heterocycles. The third-order valence-corrected chi connectivity index (χ3v) is 25.5. The number of rotatable bonds is 20. The van der Waals surface area contributed by atoms with E-state index in [1.165, 1.54) is 40.5 Å². The Morgan fingerprint density at radius 1 is 0.333 bits per heavy atom. The van der Waals surface area contributed by atoms with Crippen molar-refractivity contribution < 1.29 is 31.1 Å². The van der Waals surface area contributed by atoms with E-state index in [-0.39, 0.29) is 11.1 Å². The molecule has 0 N–H and O–H groups in total. The van der Waals surface area contributed by atoms with Crippen molar-refractivity contribution in [2.24, 2.45) is 14.1 Å². The Morgan fingerprint density at radius 3 is 0.830 bits per heavy atom. The minimum atomic E-state index is -4.60. The van der Waals surface area contributed by atoms with Gasteiger partial charge in [-0.3, -0.25) is 9.36 Å². The minimum Gasteiger partial charge on any atom is -0.361 e. The molecule has 15 aromatic rings. The summed E-state index contributed by atoms with van der Waals surface area (Å²) in [7, 11) is 3.86. The van der Waals surface area contributed by atoms with Crippen LogP contribution in [0.4, 0.5) is 74.4 Å². The van der Waals surface area contributed by atoms with Crippen molar-refractivity contribution in [2.45, 2.75) is 145 Å². The SMILES string of the molecule is CCN(c1ccc(C#N)c(Br)c1)c1cc(-c2c(C)nn(C)c2C)ccc1C.CCN(c1ccc(C#N)c(Br)c1)c1cc(-c2c(C)noc2C)ccc1C.CCN(c1ccc(C#N)c(C(F)(F)F)c1)c1cc(-c2c(C)nn(C)c2C)ccc1C.CCN(c1ccc(C#N)c(Cl)c1)c1cc(-c2c(C)noc2C)ccc1C.CCN(c1ccc(C#N)c(F)c1)c1cc(-c2c(C)noc2C)ccc1C. The quantitative estimate of drug-likeness (QED) is 0.0643. The van der Waals surface area contributed by atoms with Gasteiger partial charge in [0.25, 0.3) is 0 Å². The third-order valence-electron chi connectivity index (χ3n) is 23.9. The maximum atomic E-state index is 14.1. The Balaban J connectivity index is 0.000000162. The molecule has 0 saturated carbocycles. The van der Waals surface area contributed by atoms with Crippen molar-refractivity contribution in [1.29, 1.82) is 26.3 Å². The Kier molecular flexibility index (Phi) is 33.0. The van der Waals surface area contributed by atoms with Gasteiger partial charge in [0.2, 0.25) is 0 Å². The average Bonchev–Trinajstić information content (AvgIpc) is 1.51. The van der Waals surface area contributed by atoms with E-state index in [0.29, 0.717) is 46.2 Å². The normalized spacial score (nSPS) is 10.8. The minimum absolute atomic E-state index is 0.0472. The fourth-order valence-electron chi connectivity index (χ4n) is 16.9. The highest BCUT2D eigenvalue weighted by Crippen LogP contribution is 2.45. The largest absolute Gasteiger partial charge is 0.417 e. The molecule has 0 fully saturated rings. The average molecular weight is 1960 g/mol. The number of anilines is 10. The van der Waals surface area contributed by atoms with Crippen LogP contribution in [0.15, 0.2) is 205 Å².